The molecule has 0 spiro atoms. The van der Waals surface area contributed by atoms with Gasteiger partial charge in [0.25, 0.3) is 0 Å². The third-order valence-electron chi connectivity index (χ3n) is 3.69. The van der Waals surface area contributed by atoms with Crippen LogP contribution in [0.2, 0.25) is 0 Å². The number of hydrogen-bond acceptors (Lipinski definition) is 2. The van der Waals surface area contributed by atoms with E-state index in [0.717, 1.165) is 36.1 Å². The molecule has 0 radical (unpaired) electrons. The average molecular weight is 323 g/mol. The summed E-state index contributed by atoms with van der Waals surface area (Å²) < 4.78 is 1.14. The highest BCUT2D eigenvalue weighted by atomic mass is 79.9. The lowest BCUT2D eigenvalue weighted by Crippen LogP contribution is -2.27. The number of unbranched alkanes of at least 4 members (excludes halogenated alkanes) is 1. The zero-order chi connectivity index (χ0) is 13.7. The molecule has 0 saturated carbocycles. The fourth-order valence-electron chi connectivity index (χ4n) is 2.60. The third-order valence-corrected chi connectivity index (χ3v) is 4.43. The molecule has 0 N–H and O–H groups in total. The van der Waals surface area contributed by atoms with Crippen molar-refractivity contribution in [2.24, 2.45) is 5.11 Å². The Morgan fingerprint density at radius 1 is 1.32 bits per heavy atom. The van der Waals surface area contributed by atoms with Gasteiger partial charge in [-0.15, -0.1) is 0 Å². The third kappa shape index (κ3) is 3.50. The zero-order valence-corrected chi connectivity index (χ0v) is 12.9. The number of halogens is 1. The van der Waals surface area contributed by atoms with Gasteiger partial charge in [-0.3, -0.25) is 0 Å². The highest BCUT2D eigenvalue weighted by molar-refractivity contribution is 9.10. The fourth-order valence-corrected chi connectivity index (χ4v) is 3.17. The van der Waals surface area contributed by atoms with Crippen molar-refractivity contribution in [1.82, 2.24) is 4.90 Å². The Morgan fingerprint density at radius 2 is 2.05 bits per heavy atom. The molecule has 0 aromatic heterocycles. The number of nitrogens with zero attached hydrogens (tertiary/aromatic N) is 4. The van der Waals surface area contributed by atoms with Gasteiger partial charge in [0, 0.05) is 28.2 Å². The van der Waals surface area contributed by atoms with E-state index in [2.05, 4.69) is 37.8 Å². The van der Waals surface area contributed by atoms with E-state index < -0.39 is 0 Å². The minimum absolute atomic E-state index is 0.790. The Balaban J connectivity index is 2.23. The molecule has 5 heteroatoms. The zero-order valence-electron chi connectivity index (χ0n) is 11.3. The number of fused-ring (bicyclic) bond motifs is 1. The molecule has 1 aromatic carbocycles. The van der Waals surface area contributed by atoms with Crippen LogP contribution in [0.4, 0.5) is 5.69 Å². The second-order valence-electron chi connectivity index (χ2n) is 4.91. The largest absolute Gasteiger partial charge is 0.303 e. The van der Waals surface area contributed by atoms with Crippen molar-refractivity contribution in [2.45, 2.75) is 32.6 Å². The smallest absolute Gasteiger partial charge is 0.0411 e. The van der Waals surface area contributed by atoms with Crippen LogP contribution < -0.4 is 0 Å². The lowest BCUT2D eigenvalue weighted by Gasteiger charge is -2.18. The minimum atomic E-state index is 0.790. The van der Waals surface area contributed by atoms with Crippen molar-refractivity contribution >= 4 is 21.6 Å². The van der Waals surface area contributed by atoms with Crippen molar-refractivity contribution in [1.29, 1.82) is 0 Å². The Kier molecular flexibility index (Phi) is 5.25. The quantitative estimate of drug-likeness (QED) is 0.454. The molecule has 2 rings (SSSR count). The molecule has 0 fully saturated rings. The second kappa shape index (κ2) is 6.94. The number of hydrogen-bond donors (Lipinski definition) is 0. The molecule has 1 aliphatic rings. The molecule has 0 saturated heterocycles. The van der Waals surface area contributed by atoms with E-state index in [0.29, 0.717) is 0 Å². The molecule has 0 unspecified atom stereocenters. The van der Waals surface area contributed by atoms with Crippen LogP contribution in [0.5, 0.6) is 0 Å². The van der Waals surface area contributed by atoms with Crippen molar-refractivity contribution in [3.8, 4) is 0 Å². The van der Waals surface area contributed by atoms with Crippen molar-refractivity contribution < 1.29 is 0 Å². The Morgan fingerprint density at radius 3 is 2.74 bits per heavy atom. The monoisotopic (exact) mass is 322 g/mol. The SMILES string of the molecule is CCCCN1CCc2c(Br)ccc(N=[N+]=[N-])c2CC1. The maximum absolute atomic E-state index is 8.67. The Hall–Kier alpha value is -1.03. The fraction of sp³-hybridized carbons (Fsp3) is 0.571. The maximum Gasteiger partial charge on any atom is 0.0411 e. The van der Waals surface area contributed by atoms with Gasteiger partial charge in [-0.25, -0.2) is 0 Å². The first-order chi connectivity index (χ1) is 9.26. The summed E-state index contributed by atoms with van der Waals surface area (Å²) in [6.45, 7) is 5.53. The second-order valence-corrected chi connectivity index (χ2v) is 5.76. The van der Waals surface area contributed by atoms with Gasteiger partial charge in [0.2, 0.25) is 0 Å². The topological polar surface area (TPSA) is 52.0 Å². The summed E-state index contributed by atoms with van der Waals surface area (Å²) >= 11 is 3.62. The first-order valence-electron chi connectivity index (χ1n) is 6.84. The highest BCUT2D eigenvalue weighted by Crippen LogP contribution is 2.32. The van der Waals surface area contributed by atoms with Crippen LogP contribution in [0.1, 0.15) is 30.9 Å². The van der Waals surface area contributed by atoms with Crippen molar-refractivity contribution in [2.75, 3.05) is 19.6 Å². The maximum atomic E-state index is 8.67. The molecule has 1 aromatic rings. The van der Waals surface area contributed by atoms with E-state index >= 15 is 0 Å². The van der Waals surface area contributed by atoms with Gasteiger partial charge in [0.15, 0.2) is 0 Å². The Labute approximate surface area is 122 Å². The summed E-state index contributed by atoms with van der Waals surface area (Å²) in [7, 11) is 0. The van der Waals surface area contributed by atoms with Crippen LogP contribution in [0.3, 0.4) is 0 Å². The molecular formula is C14H19BrN4. The minimum Gasteiger partial charge on any atom is -0.303 e. The van der Waals surface area contributed by atoms with Gasteiger partial charge in [0.05, 0.1) is 0 Å². The van der Waals surface area contributed by atoms with Gasteiger partial charge in [-0.05, 0) is 48.5 Å². The van der Waals surface area contributed by atoms with Crippen LogP contribution in [-0.4, -0.2) is 24.5 Å². The standard InChI is InChI=1S/C14H19BrN4/c1-2-3-8-19-9-6-11-12(7-10-19)14(17-18-16)5-4-13(11)15/h4-5H,2-3,6-10H2,1H3. The summed E-state index contributed by atoms with van der Waals surface area (Å²) in [6, 6.07) is 3.90. The summed E-state index contributed by atoms with van der Waals surface area (Å²) in [5.41, 5.74) is 12.0. The lowest BCUT2D eigenvalue weighted by atomic mass is 10.0. The number of benzene rings is 1. The summed E-state index contributed by atoms with van der Waals surface area (Å²) in [5.74, 6) is 0. The van der Waals surface area contributed by atoms with Gasteiger partial charge in [-0.2, -0.15) is 0 Å². The molecule has 0 aliphatic carbocycles. The van der Waals surface area contributed by atoms with E-state index in [-0.39, 0.29) is 0 Å². The molecule has 19 heavy (non-hydrogen) atoms. The first kappa shape index (κ1) is 14.4. The van der Waals surface area contributed by atoms with Crippen molar-refractivity contribution in [3.05, 3.63) is 38.2 Å². The van der Waals surface area contributed by atoms with Gasteiger partial charge < -0.3 is 4.90 Å². The normalized spacial score (nSPS) is 15.5. The number of rotatable bonds is 4. The van der Waals surface area contributed by atoms with Crippen LogP contribution in [-0.2, 0) is 12.8 Å². The Bertz CT molecular complexity index is 494. The van der Waals surface area contributed by atoms with E-state index in [1.165, 1.54) is 30.5 Å². The van der Waals surface area contributed by atoms with E-state index in [4.69, 9.17) is 5.53 Å². The van der Waals surface area contributed by atoms with Crippen LogP contribution >= 0.6 is 15.9 Å². The molecule has 4 nitrogen and oxygen atoms in total. The van der Waals surface area contributed by atoms with E-state index in [1.807, 2.05) is 12.1 Å². The van der Waals surface area contributed by atoms with E-state index in [1.54, 1.807) is 0 Å². The molecule has 0 bridgehead atoms. The molecule has 102 valence electrons. The van der Waals surface area contributed by atoms with Gasteiger partial charge in [0.1, 0.15) is 0 Å². The molecular weight excluding hydrogens is 304 g/mol. The van der Waals surface area contributed by atoms with Crippen LogP contribution in [0.15, 0.2) is 21.7 Å². The predicted molar refractivity (Wildman–Crippen MR) is 81.7 cm³/mol. The first-order valence-corrected chi connectivity index (χ1v) is 7.63. The average Bonchev–Trinajstić information content (AvgIpc) is 2.63. The van der Waals surface area contributed by atoms with Crippen molar-refractivity contribution in [3.63, 3.8) is 0 Å². The lowest BCUT2D eigenvalue weighted by molar-refractivity contribution is 0.283. The van der Waals surface area contributed by atoms with Crippen LogP contribution in [0.25, 0.3) is 10.4 Å². The molecule has 0 amide bonds. The van der Waals surface area contributed by atoms with Gasteiger partial charge >= 0.3 is 0 Å². The molecule has 1 aliphatic heterocycles. The summed E-state index contributed by atoms with van der Waals surface area (Å²) in [5, 5.41) is 3.83. The molecule has 1 heterocycles. The van der Waals surface area contributed by atoms with Crippen LogP contribution in [0, 0.1) is 0 Å². The summed E-state index contributed by atoms with van der Waals surface area (Å²) in [4.78, 5) is 5.45. The molecule has 0 atom stereocenters. The predicted octanol–water partition coefficient (Wildman–Crippen LogP) is 4.59. The number of azide groups is 1. The summed E-state index contributed by atoms with van der Waals surface area (Å²) in [6.07, 6.45) is 4.47. The van der Waals surface area contributed by atoms with Gasteiger partial charge in [-0.1, -0.05) is 40.5 Å². The highest BCUT2D eigenvalue weighted by Gasteiger charge is 2.17. The van der Waals surface area contributed by atoms with E-state index in [9.17, 15) is 0 Å².